The Hall–Kier alpha value is -1.36. The molecule has 0 N–H and O–H groups in total. The van der Waals surface area contributed by atoms with Crippen molar-refractivity contribution >= 4 is 27.7 Å². The van der Waals surface area contributed by atoms with E-state index in [9.17, 15) is 9.59 Å². The molecular formula is C19H25BrN2O2. The van der Waals surface area contributed by atoms with E-state index in [1.807, 2.05) is 34.1 Å². The fourth-order valence-corrected chi connectivity index (χ4v) is 4.09. The summed E-state index contributed by atoms with van der Waals surface area (Å²) >= 11 is 3.50. The van der Waals surface area contributed by atoms with E-state index in [-0.39, 0.29) is 11.8 Å². The molecule has 2 aliphatic rings. The number of benzene rings is 1. The summed E-state index contributed by atoms with van der Waals surface area (Å²) in [4.78, 5) is 29.0. The van der Waals surface area contributed by atoms with E-state index in [4.69, 9.17) is 0 Å². The maximum atomic E-state index is 12.6. The Morgan fingerprint density at radius 1 is 0.958 bits per heavy atom. The molecule has 5 heteroatoms. The Morgan fingerprint density at radius 3 is 2.29 bits per heavy atom. The van der Waals surface area contributed by atoms with Crippen molar-refractivity contribution in [1.29, 1.82) is 0 Å². The first kappa shape index (κ1) is 17.5. The fraction of sp³-hybridized carbons (Fsp3) is 0.579. The average molecular weight is 393 g/mol. The van der Waals surface area contributed by atoms with Crippen molar-refractivity contribution in [2.45, 2.75) is 38.5 Å². The molecule has 1 aromatic carbocycles. The van der Waals surface area contributed by atoms with Gasteiger partial charge in [0, 0.05) is 36.6 Å². The third-order valence-electron chi connectivity index (χ3n) is 5.16. The van der Waals surface area contributed by atoms with Crippen LogP contribution in [0, 0.1) is 5.92 Å². The number of likely N-dealkylation sites (tertiary alicyclic amines) is 2. The zero-order chi connectivity index (χ0) is 16.9. The van der Waals surface area contributed by atoms with Crippen LogP contribution in [0.5, 0.6) is 0 Å². The summed E-state index contributed by atoms with van der Waals surface area (Å²) in [5.74, 6) is 0.578. The number of halogens is 1. The van der Waals surface area contributed by atoms with Crippen LogP contribution in [0.1, 0.15) is 37.7 Å². The van der Waals surface area contributed by atoms with E-state index in [1.54, 1.807) is 0 Å². The fourth-order valence-electron chi connectivity index (χ4n) is 3.66. The lowest BCUT2D eigenvalue weighted by molar-refractivity contribution is -0.141. The van der Waals surface area contributed by atoms with E-state index < -0.39 is 0 Å². The predicted octanol–water partition coefficient (Wildman–Crippen LogP) is 3.24. The molecule has 0 atom stereocenters. The zero-order valence-electron chi connectivity index (χ0n) is 14.0. The van der Waals surface area contributed by atoms with Crippen LogP contribution in [0.25, 0.3) is 0 Å². The minimum Gasteiger partial charge on any atom is -0.342 e. The standard InChI is InChI=1S/C19H25BrN2O2/c20-17-7-3-2-6-16(17)14-18(23)21-12-8-15(9-13-21)19(24)22-10-4-1-5-11-22/h2-3,6-7,15H,1,4-5,8-14H2. The van der Waals surface area contributed by atoms with Gasteiger partial charge >= 0.3 is 0 Å². The van der Waals surface area contributed by atoms with Gasteiger partial charge in [0.05, 0.1) is 6.42 Å². The minimum atomic E-state index is 0.107. The first-order chi connectivity index (χ1) is 11.6. The summed E-state index contributed by atoms with van der Waals surface area (Å²) in [6.07, 6.45) is 5.54. The Bertz CT molecular complexity index is 591. The summed E-state index contributed by atoms with van der Waals surface area (Å²) in [5, 5.41) is 0. The molecule has 0 saturated carbocycles. The van der Waals surface area contributed by atoms with Crippen molar-refractivity contribution in [3.63, 3.8) is 0 Å². The normalized spacial score (nSPS) is 19.4. The van der Waals surface area contributed by atoms with Gasteiger partial charge in [0.15, 0.2) is 0 Å². The molecule has 0 unspecified atom stereocenters. The summed E-state index contributed by atoms with van der Waals surface area (Å²) < 4.78 is 0.980. The zero-order valence-corrected chi connectivity index (χ0v) is 15.6. The SMILES string of the molecule is O=C(Cc1ccccc1Br)N1CCC(C(=O)N2CCCCC2)CC1. The molecule has 1 aromatic rings. The van der Waals surface area contributed by atoms with Crippen LogP contribution < -0.4 is 0 Å². The van der Waals surface area contributed by atoms with Crippen LogP contribution in [0.3, 0.4) is 0 Å². The van der Waals surface area contributed by atoms with E-state index in [1.165, 1.54) is 6.42 Å². The van der Waals surface area contributed by atoms with Gasteiger partial charge in [0.2, 0.25) is 11.8 Å². The van der Waals surface area contributed by atoms with Gasteiger partial charge in [-0.25, -0.2) is 0 Å². The average Bonchev–Trinajstić information content (AvgIpc) is 2.64. The number of amides is 2. The van der Waals surface area contributed by atoms with E-state index in [2.05, 4.69) is 15.9 Å². The molecule has 0 aromatic heterocycles. The molecule has 24 heavy (non-hydrogen) atoms. The van der Waals surface area contributed by atoms with Crippen LogP contribution in [-0.2, 0) is 16.0 Å². The van der Waals surface area contributed by atoms with E-state index in [0.29, 0.717) is 25.4 Å². The van der Waals surface area contributed by atoms with Gasteiger partial charge in [-0.15, -0.1) is 0 Å². The number of hydrogen-bond donors (Lipinski definition) is 0. The number of carbonyl (C=O) groups excluding carboxylic acids is 2. The summed E-state index contributed by atoms with van der Waals surface area (Å²) in [5.41, 5.74) is 1.02. The number of hydrogen-bond acceptors (Lipinski definition) is 2. The number of rotatable bonds is 3. The van der Waals surface area contributed by atoms with Gasteiger partial charge in [0.25, 0.3) is 0 Å². The van der Waals surface area contributed by atoms with Crippen LogP contribution in [0.2, 0.25) is 0 Å². The van der Waals surface area contributed by atoms with E-state index in [0.717, 1.165) is 48.8 Å². The Balaban J connectivity index is 1.50. The first-order valence-corrected chi connectivity index (χ1v) is 9.74. The topological polar surface area (TPSA) is 40.6 Å². The van der Waals surface area contributed by atoms with Crippen molar-refractivity contribution in [3.8, 4) is 0 Å². The molecule has 0 radical (unpaired) electrons. The highest BCUT2D eigenvalue weighted by atomic mass is 79.9. The Kier molecular flexibility index (Phi) is 5.93. The second kappa shape index (κ2) is 8.15. The molecule has 2 heterocycles. The largest absolute Gasteiger partial charge is 0.342 e. The van der Waals surface area contributed by atoms with Gasteiger partial charge in [-0.1, -0.05) is 34.1 Å². The number of piperidine rings is 2. The monoisotopic (exact) mass is 392 g/mol. The highest BCUT2D eigenvalue weighted by molar-refractivity contribution is 9.10. The second-order valence-corrected chi connectivity index (χ2v) is 7.66. The van der Waals surface area contributed by atoms with Gasteiger partial charge in [-0.05, 0) is 43.7 Å². The Labute approximate surface area is 152 Å². The summed E-state index contributed by atoms with van der Waals surface area (Å²) in [7, 11) is 0. The first-order valence-electron chi connectivity index (χ1n) is 8.95. The van der Waals surface area contributed by atoms with Crippen molar-refractivity contribution in [2.75, 3.05) is 26.2 Å². The van der Waals surface area contributed by atoms with Crippen LogP contribution in [-0.4, -0.2) is 47.8 Å². The molecule has 0 spiro atoms. The maximum absolute atomic E-state index is 12.6. The van der Waals surface area contributed by atoms with Crippen LogP contribution in [0.4, 0.5) is 0 Å². The van der Waals surface area contributed by atoms with E-state index >= 15 is 0 Å². The molecule has 4 nitrogen and oxygen atoms in total. The lowest BCUT2D eigenvalue weighted by atomic mass is 9.94. The van der Waals surface area contributed by atoms with Crippen LogP contribution in [0.15, 0.2) is 28.7 Å². The van der Waals surface area contributed by atoms with Gasteiger partial charge in [-0.3, -0.25) is 9.59 Å². The predicted molar refractivity (Wildman–Crippen MR) is 97.6 cm³/mol. The van der Waals surface area contributed by atoms with Gasteiger partial charge in [0.1, 0.15) is 0 Å². The molecule has 2 amide bonds. The van der Waals surface area contributed by atoms with Crippen molar-refractivity contribution in [3.05, 3.63) is 34.3 Å². The highest BCUT2D eigenvalue weighted by Crippen LogP contribution is 2.23. The molecule has 3 rings (SSSR count). The van der Waals surface area contributed by atoms with Crippen molar-refractivity contribution in [2.24, 2.45) is 5.92 Å². The maximum Gasteiger partial charge on any atom is 0.227 e. The molecule has 0 bridgehead atoms. The molecule has 2 fully saturated rings. The quantitative estimate of drug-likeness (QED) is 0.791. The molecular weight excluding hydrogens is 368 g/mol. The lowest BCUT2D eigenvalue weighted by Crippen LogP contribution is -2.46. The summed E-state index contributed by atoms with van der Waals surface area (Å²) in [6.45, 7) is 3.24. The highest BCUT2D eigenvalue weighted by Gasteiger charge is 2.30. The molecule has 0 aliphatic carbocycles. The number of nitrogens with zero attached hydrogens (tertiary/aromatic N) is 2. The lowest BCUT2D eigenvalue weighted by Gasteiger charge is -2.35. The minimum absolute atomic E-state index is 0.107. The van der Waals surface area contributed by atoms with Gasteiger partial charge < -0.3 is 9.80 Å². The summed E-state index contributed by atoms with van der Waals surface area (Å²) in [6, 6.07) is 7.85. The van der Waals surface area contributed by atoms with Crippen molar-refractivity contribution in [1.82, 2.24) is 9.80 Å². The van der Waals surface area contributed by atoms with Crippen LogP contribution >= 0.6 is 15.9 Å². The molecule has 2 aliphatic heterocycles. The second-order valence-electron chi connectivity index (χ2n) is 6.81. The molecule has 2 saturated heterocycles. The van der Waals surface area contributed by atoms with Crippen molar-refractivity contribution < 1.29 is 9.59 Å². The molecule has 130 valence electrons. The third-order valence-corrected chi connectivity index (χ3v) is 5.94. The van der Waals surface area contributed by atoms with Gasteiger partial charge in [-0.2, -0.15) is 0 Å². The number of carbonyl (C=O) groups is 2. The Morgan fingerprint density at radius 2 is 1.62 bits per heavy atom. The smallest absolute Gasteiger partial charge is 0.227 e. The third kappa shape index (κ3) is 4.18.